The van der Waals surface area contributed by atoms with Crippen molar-refractivity contribution in [2.75, 3.05) is 46.4 Å². The van der Waals surface area contributed by atoms with Crippen LogP contribution in [0.15, 0.2) is 24.3 Å². The van der Waals surface area contributed by atoms with Crippen molar-refractivity contribution in [3.05, 3.63) is 29.8 Å². The van der Waals surface area contributed by atoms with Crippen LogP contribution in [-0.4, -0.2) is 74.0 Å². The van der Waals surface area contributed by atoms with Crippen molar-refractivity contribution >= 4 is 11.8 Å². The van der Waals surface area contributed by atoms with Crippen molar-refractivity contribution in [3.63, 3.8) is 0 Å². The van der Waals surface area contributed by atoms with Crippen molar-refractivity contribution in [1.82, 2.24) is 20.4 Å². The molecule has 2 rings (SSSR count). The van der Waals surface area contributed by atoms with Crippen LogP contribution in [0, 0.1) is 0 Å². The number of carbonyl (C=O) groups is 2. The monoisotopic (exact) mass is 376 g/mol. The van der Waals surface area contributed by atoms with Gasteiger partial charge in [-0.3, -0.25) is 19.4 Å². The van der Waals surface area contributed by atoms with E-state index in [0.29, 0.717) is 19.6 Å². The van der Waals surface area contributed by atoms with Crippen LogP contribution in [0.2, 0.25) is 0 Å². The lowest BCUT2D eigenvalue weighted by Crippen LogP contribution is -2.52. The van der Waals surface area contributed by atoms with Crippen molar-refractivity contribution < 1.29 is 14.3 Å². The summed E-state index contributed by atoms with van der Waals surface area (Å²) in [6.07, 6.45) is 0.936. The summed E-state index contributed by atoms with van der Waals surface area (Å²) >= 11 is 0. The maximum Gasteiger partial charge on any atom is 0.234 e. The summed E-state index contributed by atoms with van der Waals surface area (Å²) < 4.78 is 5.13. The fourth-order valence-corrected chi connectivity index (χ4v) is 2.93. The van der Waals surface area contributed by atoms with E-state index in [1.54, 1.807) is 7.11 Å². The van der Waals surface area contributed by atoms with Gasteiger partial charge in [0.25, 0.3) is 0 Å². The van der Waals surface area contributed by atoms with Crippen molar-refractivity contribution in [2.45, 2.75) is 32.9 Å². The van der Waals surface area contributed by atoms with Gasteiger partial charge >= 0.3 is 0 Å². The summed E-state index contributed by atoms with van der Waals surface area (Å²) in [7, 11) is 1.63. The first-order chi connectivity index (χ1) is 13.0. The van der Waals surface area contributed by atoms with Gasteiger partial charge in [0.05, 0.1) is 20.2 Å². The van der Waals surface area contributed by atoms with Crippen LogP contribution in [0.3, 0.4) is 0 Å². The highest BCUT2D eigenvalue weighted by Gasteiger charge is 2.20. The smallest absolute Gasteiger partial charge is 0.234 e. The predicted octanol–water partition coefficient (Wildman–Crippen LogP) is 0.844. The van der Waals surface area contributed by atoms with Gasteiger partial charge in [0, 0.05) is 38.8 Å². The number of carbonyl (C=O) groups excluding carboxylic acids is 2. The third kappa shape index (κ3) is 7.56. The Morgan fingerprint density at radius 2 is 1.59 bits per heavy atom. The molecule has 1 fully saturated rings. The number of amides is 2. The van der Waals surface area contributed by atoms with Gasteiger partial charge in [0.1, 0.15) is 5.75 Å². The van der Waals surface area contributed by atoms with Crippen LogP contribution in [0.5, 0.6) is 5.75 Å². The Bertz CT molecular complexity index is 598. The lowest BCUT2D eigenvalue weighted by molar-refractivity contribution is -0.125. The predicted molar refractivity (Wildman–Crippen MR) is 106 cm³/mol. The van der Waals surface area contributed by atoms with Crippen LogP contribution in [0.25, 0.3) is 0 Å². The van der Waals surface area contributed by atoms with Gasteiger partial charge in [-0.15, -0.1) is 0 Å². The van der Waals surface area contributed by atoms with Gasteiger partial charge in [-0.25, -0.2) is 0 Å². The fraction of sp³-hybridized carbons (Fsp3) is 0.600. The zero-order chi connectivity index (χ0) is 19.6. The van der Waals surface area contributed by atoms with Gasteiger partial charge in [0.15, 0.2) is 0 Å². The third-order valence-electron chi connectivity index (χ3n) is 4.87. The molecule has 0 aliphatic carbocycles. The molecule has 27 heavy (non-hydrogen) atoms. The molecule has 1 aliphatic rings. The summed E-state index contributed by atoms with van der Waals surface area (Å²) in [5, 5.41) is 5.95. The Labute approximate surface area is 162 Å². The quantitative estimate of drug-likeness (QED) is 0.668. The van der Waals surface area contributed by atoms with Crippen LogP contribution < -0.4 is 15.4 Å². The van der Waals surface area contributed by atoms with Gasteiger partial charge in [-0.05, 0) is 31.0 Å². The molecule has 1 saturated heterocycles. The number of nitrogens with zero attached hydrogens (tertiary/aromatic N) is 2. The third-order valence-corrected chi connectivity index (χ3v) is 4.87. The van der Waals surface area contributed by atoms with Crippen LogP contribution in [-0.2, 0) is 16.1 Å². The molecule has 2 amide bonds. The maximum atomic E-state index is 12.2. The number of methoxy groups -OCH3 is 1. The van der Waals surface area contributed by atoms with Crippen LogP contribution in [0.4, 0.5) is 0 Å². The molecule has 2 N–H and O–H groups in total. The highest BCUT2D eigenvalue weighted by atomic mass is 16.5. The molecule has 1 unspecified atom stereocenters. The van der Waals surface area contributed by atoms with E-state index in [9.17, 15) is 9.59 Å². The highest BCUT2D eigenvalue weighted by molar-refractivity contribution is 5.78. The van der Waals surface area contributed by atoms with Crippen molar-refractivity contribution in [3.8, 4) is 5.75 Å². The van der Waals surface area contributed by atoms with E-state index in [4.69, 9.17) is 4.74 Å². The summed E-state index contributed by atoms with van der Waals surface area (Å²) in [4.78, 5) is 28.4. The molecule has 1 heterocycles. The minimum Gasteiger partial charge on any atom is -0.497 e. The summed E-state index contributed by atoms with van der Waals surface area (Å²) in [6, 6.07) is 7.88. The molecule has 1 aliphatic heterocycles. The molecule has 1 aromatic carbocycles. The molecule has 7 nitrogen and oxygen atoms in total. The molecule has 0 radical (unpaired) electrons. The van der Waals surface area contributed by atoms with Crippen LogP contribution in [0.1, 0.15) is 25.8 Å². The first-order valence-electron chi connectivity index (χ1n) is 9.63. The van der Waals surface area contributed by atoms with E-state index >= 15 is 0 Å². The molecule has 150 valence electrons. The van der Waals surface area contributed by atoms with E-state index < -0.39 is 0 Å². The lowest BCUT2D eigenvalue weighted by Gasteiger charge is -2.34. The number of hydrogen-bond donors (Lipinski definition) is 2. The number of benzene rings is 1. The number of ether oxygens (including phenoxy) is 1. The Hall–Kier alpha value is -2.12. The Kier molecular flexibility index (Phi) is 8.54. The summed E-state index contributed by atoms with van der Waals surface area (Å²) in [5.74, 6) is 0.907. The topological polar surface area (TPSA) is 73.9 Å². The SMILES string of the molecule is CCC(C)NC(=O)CN1CCN(CC(=O)NCc2ccc(OC)cc2)CC1. The van der Waals surface area contributed by atoms with Gasteiger partial charge in [-0.1, -0.05) is 19.1 Å². The molecule has 7 heteroatoms. The maximum absolute atomic E-state index is 12.2. The number of piperazine rings is 1. The fourth-order valence-electron chi connectivity index (χ4n) is 2.93. The minimum atomic E-state index is 0.0220. The molecular formula is C20H32N4O3. The van der Waals surface area contributed by atoms with Gasteiger partial charge < -0.3 is 15.4 Å². The lowest BCUT2D eigenvalue weighted by atomic mass is 10.2. The Morgan fingerprint density at radius 3 is 2.11 bits per heavy atom. The highest BCUT2D eigenvalue weighted by Crippen LogP contribution is 2.11. The van der Waals surface area contributed by atoms with E-state index in [1.165, 1.54) is 0 Å². The van der Waals surface area contributed by atoms with E-state index in [0.717, 1.165) is 43.9 Å². The molecule has 0 aromatic heterocycles. The van der Waals surface area contributed by atoms with E-state index in [2.05, 4.69) is 27.4 Å². The largest absolute Gasteiger partial charge is 0.497 e. The molecule has 0 bridgehead atoms. The second kappa shape index (κ2) is 10.9. The number of rotatable bonds is 9. The zero-order valence-corrected chi connectivity index (χ0v) is 16.7. The number of nitrogens with one attached hydrogen (secondary N) is 2. The van der Waals surface area contributed by atoms with E-state index in [-0.39, 0.29) is 17.9 Å². The Balaban J connectivity index is 1.64. The normalized spacial score (nSPS) is 16.6. The first kappa shape index (κ1) is 21.2. The number of hydrogen-bond acceptors (Lipinski definition) is 5. The van der Waals surface area contributed by atoms with Gasteiger partial charge in [-0.2, -0.15) is 0 Å². The van der Waals surface area contributed by atoms with Crippen molar-refractivity contribution in [2.24, 2.45) is 0 Å². The second-order valence-corrected chi connectivity index (χ2v) is 7.05. The average molecular weight is 377 g/mol. The second-order valence-electron chi connectivity index (χ2n) is 7.05. The molecule has 0 saturated carbocycles. The van der Waals surface area contributed by atoms with Crippen molar-refractivity contribution in [1.29, 1.82) is 0 Å². The first-order valence-corrected chi connectivity index (χ1v) is 9.63. The molecular weight excluding hydrogens is 344 g/mol. The summed E-state index contributed by atoms with van der Waals surface area (Å²) in [6.45, 7) is 8.62. The molecule has 1 aromatic rings. The van der Waals surface area contributed by atoms with Crippen LogP contribution >= 0.6 is 0 Å². The molecule has 0 spiro atoms. The molecule has 1 atom stereocenters. The Morgan fingerprint density at radius 1 is 1.04 bits per heavy atom. The summed E-state index contributed by atoms with van der Waals surface area (Å²) in [5.41, 5.74) is 1.04. The zero-order valence-electron chi connectivity index (χ0n) is 16.7. The van der Waals surface area contributed by atoms with E-state index in [1.807, 2.05) is 31.2 Å². The average Bonchev–Trinajstić information content (AvgIpc) is 2.68. The standard InChI is InChI=1S/C20H32N4O3/c1-4-16(2)22-20(26)15-24-11-9-23(10-12-24)14-19(25)21-13-17-5-7-18(27-3)8-6-17/h5-8,16H,4,9-15H2,1-3H3,(H,21,25)(H,22,26). The minimum absolute atomic E-state index is 0.0220. The van der Waals surface area contributed by atoms with Gasteiger partial charge in [0.2, 0.25) is 11.8 Å².